The first-order valence-electron chi connectivity index (χ1n) is 7.50. The molecule has 1 rings (SSSR count). The second kappa shape index (κ2) is 7.58. The van der Waals surface area contributed by atoms with Crippen LogP contribution in [0.3, 0.4) is 0 Å². The van der Waals surface area contributed by atoms with Crippen LogP contribution in [0.1, 0.15) is 53.9 Å². The Morgan fingerprint density at radius 1 is 1.32 bits per heavy atom. The Kier molecular flexibility index (Phi) is 6.74. The van der Waals surface area contributed by atoms with E-state index in [1.165, 1.54) is 0 Å². The highest BCUT2D eigenvalue weighted by molar-refractivity contribution is 4.84. The Labute approximate surface area is 117 Å². The van der Waals surface area contributed by atoms with Gasteiger partial charge in [-0.25, -0.2) is 0 Å². The zero-order valence-electron chi connectivity index (χ0n) is 13.1. The molecule has 114 valence electrons. The summed E-state index contributed by atoms with van der Waals surface area (Å²) < 4.78 is 11.7. The number of aliphatic hydroxyl groups excluding tert-OH is 1. The molecular formula is C15H31NO3. The molecule has 1 saturated heterocycles. The number of aliphatic hydroxyl groups is 1. The Morgan fingerprint density at radius 2 is 1.89 bits per heavy atom. The first-order chi connectivity index (χ1) is 8.84. The number of hydrogen-bond donors (Lipinski definition) is 2. The highest BCUT2D eigenvalue weighted by Crippen LogP contribution is 2.22. The molecule has 0 radical (unpaired) electrons. The van der Waals surface area contributed by atoms with Gasteiger partial charge in [0.1, 0.15) is 0 Å². The van der Waals surface area contributed by atoms with Crippen molar-refractivity contribution in [3.05, 3.63) is 0 Å². The van der Waals surface area contributed by atoms with Crippen LogP contribution in [0, 0.1) is 0 Å². The summed E-state index contributed by atoms with van der Waals surface area (Å²) >= 11 is 0. The minimum Gasteiger partial charge on any atom is -0.394 e. The van der Waals surface area contributed by atoms with Crippen molar-refractivity contribution in [2.75, 3.05) is 13.2 Å². The normalized spacial score (nSPS) is 31.4. The summed E-state index contributed by atoms with van der Waals surface area (Å²) in [7, 11) is 0. The van der Waals surface area contributed by atoms with Gasteiger partial charge in [0, 0.05) is 18.2 Å². The van der Waals surface area contributed by atoms with E-state index >= 15 is 0 Å². The molecule has 2 N–H and O–H groups in total. The van der Waals surface area contributed by atoms with Crippen molar-refractivity contribution < 1.29 is 14.6 Å². The summed E-state index contributed by atoms with van der Waals surface area (Å²) in [5.41, 5.74) is -0.253. The van der Waals surface area contributed by atoms with Crippen LogP contribution in [0.15, 0.2) is 0 Å². The van der Waals surface area contributed by atoms with E-state index in [-0.39, 0.29) is 24.4 Å². The maximum absolute atomic E-state index is 9.52. The van der Waals surface area contributed by atoms with Crippen molar-refractivity contribution in [2.45, 2.75) is 83.8 Å². The molecule has 4 heteroatoms. The first kappa shape index (κ1) is 16.9. The van der Waals surface area contributed by atoms with Crippen molar-refractivity contribution in [3.8, 4) is 0 Å². The van der Waals surface area contributed by atoms with Crippen molar-refractivity contribution in [3.63, 3.8) is 0 Å². The van der Waals surface area contributed by atoms with E-state index < -0.39 is 0 Å². The summed E-state index contributed by atoms with van der Waals surface area (Å²) in [5, 5.41) is 12.9. The van der Waals surface area contributed by atoms with E-state index in [1.807, 2.05) is 6.92 Å². The summed E-state index contributed by atoms with van der Waals surface area (Å²) in [6, 6.07) is 0.361. The van der Waals surface area contributed by atoms with Crippen LogP contribution in [-0.4, -0.2) is 48.2 Å². The van der Waals surface area contributed by atoms with Gasteiger partial charge >= 0.3 is 0 Å². The van der Waals surface area contributed by atoms with E-state index in [0.717, 1.165) is 19.3 Å². The fraction of sp³-hybridized carbons (Fsp3) is 1.00. The molecule has 0 aromatic heterocycles. The van der Waals surface area contributed by atoms with Gasteiger partial charge in [-0.3, -0.25) is 0 Å². The topological polar surface area (TPSA) is 50.7 Å². The van der Waals surface area contributed by atoms with Crippen LogP contribution in [0.25, 0.3) is 0 Å². The average molecular weight is 273 g/mol. The van der Waals surface area contributed by atoms with E-state index in [1.54, 1.807) is 0 Å². The smallest absolute Gasteiger partial charge is 0.0624 e. The molecule has 19 heavy (non-hydrogen) atoms. The maximum atomic E-state index is 9.52. The standard InChI is InChI=1S/C15H31NO3/c1-11(2)16-15(5,10-17)6-7-18-14-8-12(3)19-13(4)9-14/h11-14,16-17H,6-10H2,1-5H3. The molecule has 3 atom stereocenters. The average Bonchev–Trinajstić information content (AvgIpc) is 2.26. The van der Waals surface area contributed by atoms with Gasteiger partial charge in [-0.1, -0.05) is 13.8 Å². The molecule has 0 amide bonds. The lowest BCUT2D eigenvalue weighted by Gasteiger charge is -2.34. The van der Waals surface area contributed by atoms with Gasteiger partial charge < -0.3 is 19.9 Å². The SMILES string of the molecule is CC(C)NC(C)(CO)CCOC1CC(C)OC(C)C1. The highest BCUT2D eigenvalue weighted by atomic mass is 16.5. The Bertz CT molecular complexity index is 250. The Hall–Kier alpha value is -0.160. The van der Waals surface area contributed by atoms with Crippen LogP contribution in [0.2, 0.25) is 0 Å². The van der Waals surface area contributed by atoms with Crippen LogP contribution >= 0.6 is 0 Å². The van der Waals surface area contributed by atoms with Gasteiger partial charge in [0.2, 0.25) is 0 Å². The van der Waals surface area contributed by atoms with Crippen molar-refractivity contribution in [2.24, 2.45) is 0 Å². The third-order valence-electron chi connectivity index (χ3n) is 3.65. The van der Waals surface area contributed by atoms with Crippen molar-refractivity contribution >= 4 is 0 Å². The molecule has 3 unspecified atom stereocenters. The first-order valence-corrected chi connectivity index (χ1v) is 7.50. The molecule has 4 nitrogen and oxygen atoms in total. The summed E-state index contributed by atoms with van der Waals surface area (Å²) in [5.74, 6) is 0. The van der Waals surface area contributed by atoms with E-state index in [2.05, 4.69) is 33.0 Å². The van der Waals surface area contributed by atoms with E-state index in [4.69, 9.17) is 9.47 Å². The fourth-order valence-corrected chi connectivity index (χ4v) is 2.83. The summed E-state index contributed by atoms with van der Waals surface area (Å²) in [4.78, 5) is 0. The molecule has 0 aromatic carbocycles. The number of rotatable bonds is 7. The van der Waals surface area contributed by atoms with Crippen LogP contribution in [0.4, 0.5) is 0 Å². The van der Waals surface area contributed by atoms with Crippen molar-refractivity contribution in [1.29, 1.82) is 0 Å². The highest BCUT2D eigenvalue weighted by Gasteiger charge is 2.27. The maximum Gasteiger partial charge on any atom is 0.0624 e. The van der Waals surface area contributed by atoms with Crippen LogP contribution in [-0.2, 0) is 9.47 Å². The van der Waals surface area contributed by atoms with Gasteiger partial charge in [0.15, 0.2) is 0 Å². The molecule has 1 aliphatic heterocycles. The van der Waals surface area contributed by atoms with E-state index in [9.17, 15) is 5.11 Å². The summed E-state index contributed by atoms with van der Waals surface area (Å²) in [6.45, 7) is 11.3. The number of hydrogen-bond acceptors (Lipinski definition) is 4. The molecular weight excluding hydrogens is 242 g/mol. The molecule has 0 aliphatic carbocycles. The second-order valence-electron chi connectivity index (χ2n) is 6.49. The molecule has 0 saturated carbocycles. The lowest BCUT2D eigenvalue weighted by molar-refractivity contribution is -0.104. The molecule has 1 fully saturated rings. The van der Waals surface area contributed by atoms with Gasteiger partial charge in [-0.2, -0.15) is 0 Å². The molecule has 1 aliphatic rings. The molecule has 1 heterocycles. The monoisotopic (exact) mass is 273 g/mol. The number of ether oxygens (including phenoxy) is 2. The third-order valence-corrected chi connectivity index (χ3v) is 3.65. The molecule has 0 bridgehead atoms. The molecule has 0 spiro atoms. The minimum absolute atomic E-state index is 0.134. The Morgan fingerprint density at radius 3 is 2.37 bits per heavy atom. The van der Waals surface area contributed by atoms with Gasteiger partial charge in [0.25, 0.3) is 0 Å². The largest absolute Gasteiger partial charge is 0.394 e. The third kappa shape index (κ3) is 6.21. The predicted octanol–water partition coefficient (Wildman–Crippen LogP) is 2.10. The fourth-order valence-electron chi connectivity index (χ4n) is 2.83. The zero-order valence-corrected chi connectivity index (χ0v) is 13.1. The van der Waals surface area contributed by atoms with Crippen LogP contribution in [0.5, 0.6) is 0 Å². The van der Waals surface area contributed by atoms with Crippen LogP contribution < -0.4 is 5.32 Å². The summed E-state index contributed by atoms with van der Waals surface area (Å²) in [6.07, 6.45) is 3.62. The van der Waals surface area contributed by atoms with Crippen molar-refractivity contribution in [1.82, 2.24) is 5.32 Å². The predicted molar refractivity (Wildman–Crippen MR) is 77.4 cm³/mol. The van der Waals surface area contributed by atoms with E-state index in [0.29, 0.717) is 18.8 Å². The van der Waals surface area contributed by atoms with Gasteiger partial charge in [-0.15, -0.1) is 0 Å². The minimum atomic E-state index is -0.253. The number of nitrogens with one attached hydrogen (secondary N) is 1. The zero-order chi connectivity index (χ0) is 14.5. The quantitative estimate of drug-likeness (QED) is 0.746. The lowest BCUT2D eigenvalue weighted by Crippen LogP contribution is -2.50. The van der Waals surface area contributed by atoms with Gasteiger partial charge in [-0.05, 0) is 40.0 Å². The lowest BCUT2D eigenvalue weighted by atomic mass is 9.98. The Balaban J connectivity index is 2.31. The van der Waals surface area contributed by atoms with Gasteiger partial charge in [0.05, 0.1) is 24.9 Å². The molecule has 0 aromatic rings. The second-order valence-corrected chi connectivity index (χ2v) is 6.49.